The van der Waals surface area contributed by atoms with Gasteiger partial charge in [-0.05, 0) is 0 Å². The van der Waals surface area contributed by atoms with Gasteiger partial charge >= 0.3 is 0 Å². The number of benzene rings is 1. The maximum atomic E-state index is 9.41. The molecule has 0 aliphatic rings. The predicted octanol–water partition coefficient (Wildman–Crippen LogP) is -0.125. The lowest BCUT2D eigenvalue weighted by Gasteiger charge is -1.93. The molecule has 0 saturated heterocycles. The van der Waals surface area contributed by atoms with Crippen molar-refractivity contribution < 1.29 is 8.42 Å². The van der Waals surface area contributed by atoms with Crippen LogP contribution in [0.5, 0.6) is 0 Å². The van der Waals surface area contributed by atoms with Gasteiger partial charge in [0.05, 0.1) is 6.26 Å². The first-order valence-corrected chi connectivity index (χ1v) is 5.63. The van der Waals surface area contributed by atoms with Crippen molar-refractivity contribution in [3.63, 3.8) is 0 Å². The molecule has 0 unspecified atom stereocenters. The Morgan fingerprint density at radius 2 is 1.64 bits per heavy atom. The molecular formula is C8H13N3O2S. The number of rotatable bonds is 1. The molecule has 0 atom stereocenters. The average Bonchev–Trinajstić information content (AvgIpc) is 2.03. The fourth-order valence-corrected chi connectivity index (χ4v) is 0.618. The van der Waals surface area contributed by atoms with Crippen LogP contribution in [0.15, 0.2) is 30.3 Å². The van der Waals surface area contributed by atoms with Crippen LogP contribution in [0.25, 0.3) is 0 Å². The summed E-state index contributed by atoms with van der Waals surface area (Å²) in [6, 6.07) is 9.23. The van der Waals surface area contributed by atoms with Gasteiger partial charge in [-0.1, -0.05) is 30.3 Å². The summed E-state index contributed by atoms with van der Waals surface area (Å²) in [7, 11) is -3.17. The molecule has 0 aliphatic heterocycles. The summed E-state index contributed by atoms with van der Waals surface area (Å²) in [6.45, 7) is 0. The first-order valence-electron chi connectivity index (χ1n) is 3.68. The van der Waals surface area contributed by atoms with Crippen LogP contribution >= 0.6 is 0 Å². The molecule has 5 nitrogen and oxygen atoms in total. The summed E-state index contributed by atoms with van der Waals surface area (Å²) < 4.78 is 18.8. The van der Waals surface area contributed by atoms with E-state index in [0.29, 0.717) is 0 Å². The smallest absolute Gasteiger partial charge is 0.206 e. The highest BCUT2D eigenvalue weighted by molar-refractivity contribution is 7.88. The molecule has 0 amide bonds. The van der Waals surface area contributed by atoms with Crippen molar-refractivity contribution in [2.24, 2.45) is 10.9 Å². The van der Waals surface area contributed by atoms with Gasteiger partial charge in [0.2, 0.25) is 10.0 Å². The topological polar surface area (TPSA) is 110 Å². The zero-order valence-electron chi connectivity index (χ0n) is 7.77. The van der Waals surface area contributed by atoms with Crippen molar-refractivity contribution in [2.75, 3.05) is 6.26 Å². The molecule has 6 heteroatoms. The second-order valence-corrected chi connectivity index (χ2v) is 4.27. The molecule has 0 aliphatic carbocycles. The molecule has 0 heterocycles. The zero-order valence-corrected chi connectivity index (χ0v) is 8.58. The van der Waals surface area contributed by atoms with E-state index in [-0.39, 0.29) is 5.84 Å². The molecule has 14 heavy (non-hydrogen) atoms. The number of hydrogen-bond donors (Lipinski definition) is 3. The zero-order chi connectivity index (χ0) is 11.2. The standard InChI is InChI=1S/C7H8N2.CH5NO2S/c8-7(9)6-4-2-1-3-5-6;1-5(2,3)4/h1-5H,(H3,8,9);1H3,(H2,2,3,4). The van der Waals surface area contributed by atoms with Crippen molar-refractivity contribution in [3.05, 3.63) is 35.9 Å². The highest BCUT2D eigenvalue weighted by Gasteiger charge is 1.89. The van der Waals surface area contributed by atoms with Crippen LogP contribution in [0.2, 0.25) is 0 Å². The maximum absolute atomic E-state index is 9.41. The summed E-state index contributed by atoms with van der Waals surface area (Å²) in [5, 5.41) is 11.3. The van der Waals surface area contributed by atoms with Crippen LogP contribution in [0.3, 0.4) is 0 Å². The van der Waals surface area contributed by atoms with Gasteiger partial charge in [-0.25, -0.2) is 13.6 Å². The molecule has 0 radical (unpaired) electrons. The van der Waals surface area contributed by atoms with Gasteiger partial charge < -0.3 is 5.73 Å². The summed E-state index contributed by atoms with van der Waals surface area (Å²) in [5.74, 6) is 0.121. The van der Waals surface area contributed by atoms with Crippen LogP contribution in [-0.4, -0.2) is 20.5 Å². The second-order valence-electron chi connectivity index (χ2n) is 2.61. The minimum atomic E-state index is -3.17. The Kier molecular flexibility index (Phi) is 4.82. The van der Waals surface area contributed by atoms with Crippen LogP contribution in [0.1, 0.15) is 5.56 Å². The molecule has 0 spiro atoms. The number of primary sulfonamides is 1. The molecule has 1 aromatic carbocycles. The lowest BCUT2D eigenvalue weighted by atomic mass is 10.2. The van der Waals surface area contributed by atoms with Crippen LogP contribution < -0.4 is 10.9 Å². The van der Waals surface area contributed by atoms with Crippen molar-refractivity contribution in [2.45, 2.75) is 0 Å². The quantitative estimate of drug-likeness (QED) is 0.448. The second kappa shape index (κ2) is 5.36. The molecular weight excluding hydrogens is 202 g/mol. The van der Waals surface area contributed by atoms with Crippen molar-refractivity contribution in [3.8, 4) is 0 Å². The van der Waals surface area contributed by atoms with Crippen LogP contribution in [0, 0.1) is 5.41 Å². The van der Waals surface area contributed by atoms with Gasteiger partial charge in [-0.15, -0.1) is 0 Å². The summed E-state index contributed by atoms with van der Waals surface area (Å²) >= 11 is 0. The van der Waals surface area contributed by atoms with E-state index in [9.17, 15) is 8.42 Å². The van der Waals surface area contributed by atoms with Crippen LogP contribution in [0.4, 0.5) is 0 Å². The maximum Gasteiger partial charge on any atom is 0.206 e. The molecule has 1 rings (SSSR count). The summed E-state index contributed by atoms with van der Waals surface area (Å²) in [4.78, 5) is 0. The SMILES string of the molecule is CS(N)(=O)=O.N=C(N)c1ccccc1. The lowest BCUT2D eigenvalue weighted by molar-refractivity contribution is 0.603. The number of sulfonamides is 1. The van der Waals surface area contributed by atoms with Crippen molar-refractivity contribution in [1.82, 2.24) is 0 Å². The fourth-order valence-electron chi connectivity index (χ4n) is 0.618. The molecule has 0 saturated carbocycles. The average molecular weight is 215 g/mol. The fraction of sp³-hybridized carbons (Fsp3) is 0.125. The van der Waals surface area contributed by atoms with Gasteiger partial charge in [-0.3, -0.25) is 5.41 Å². The third-order valence-electron chi connectivity index (χ3n) is 1.08. The Morgan fingerprint density at radius 1 is 1.29 bits per heavy atom. The van der Waals surface area contributed by atoms with E-state index in [1.807, 2.05) is 30.3 Å². The van der Waals surface area contributed by atoms with Crippen molar-refractivity contribution in [1.29, 1.82) is 5.41 Å². The first kappa shape index (κ1) is 12.6. The van der Waals surface area contributed by atoms with Crippen molar-refractivity contribution >= 4 is 15.9 Å². The largest absolute Gasteiger partial charge is 0.384 e. The van der Waals surface area contributed by atoms with Gasteiger partial charge in [-0.2, -0.15) is 0 Å². The van der Waals surface area contributed by atoms with Gasteiger partial charge in [0.1, 0.15) is 5.84 Å². The summed E-state index contributed by atoms with van der Waals surface area (Å²) in [5.41, 5.74) is 5.97. The normalized spacial score (nSPS) is 9.86. The Hall–Kier alpha value is -1.40. The minimum absolute atomic E-state index is 0.121. The molecule has 0 fully saturated rings. The highest BCUT2D eigenvalue weighted by Crippen LogP contribution is 1.94. The number of amidine groups is 1. The van der Waals surface area contributed by atoms with E-state index in [1.165, 1.54) is 0 Å². The Balaban J connectivity index is 0.000000292. The third-order valence-corrected chi connectivity index (χ3v) is 1.08. The highest BCUT2D eigenvalue weighted by atomic mass is 32.2. The Labute approximate surface area is 83.3 Å². The monoisotopic (exact) mass is 215 g/mol. The number of nitrogens with two attached hydrogens (primary N) is 2. The van der Waals surface area contributed by atoms with Gasteiger partial charge in [0.25, 0.3) is 0 Å². The Bertz CT molecular complexity index is 378. The summed E-state index contributed by atoms with van der Waals surface area (Å²) in [6.07, 6.45) is 0.938. The van der Waals surface area contributed by atoms with E-state index in [2.05, 4.69) is 5.14 Å². The molecule has 0 aromatic heterocycles. The molecule has 5 N–H and O–H groups in total. The van der Waals surface area contributed by atoms with Gasteiger partial charge in [0.15, 0.2) is 0 Å². The van der Waals surface area contributed by atoms with E-state index >= 15 is 0 Å². The van der Waals surface area contributed by atoms with E-state index in [4.69, 9.17) is 11.1 Å². The number of nitrogen functional groups attached to an aromatic ring is 1. The Morgan fingerprint density at radius 3 is 1.86 bits per heavy atom. The molecule has 0 bridgehead atoms. The first-order chi connectivity index (χ1) is 6.30. The lowest BCUT2D eigenvalue weighted by Crippen LogP contribution is -2.10. The molecule has 78 valence electrons. The van der Waals surface area contributed by atoms with E-state index in [0.717, 1.165) is 11.8 Å². The number of hydrogen-bond acceptors (Lipinski definition) is 3. The van der Waals surface area contributed by atoms with Crippen LogP contribution in [-0.2, 0) is 10.0 Å². The number of nitrogens with one attached hydrogen (secondary N) is 1. The van der Waals surface area contributed by atoms with E-state index < -0.39 is 10.0 Å². The predicted molar refractivity (Wildman–Crippen MR) is 56.5 cm³/mol. The molecule has 1 aromatic rings. The van der Waals surface area contributed by atoms with E-state index in [1.54, 1.807) is 0 Å². The van der Waals surface area contributed by atoms with Gasteiger partial charge in [0, 0.05) is 5.56 Å². The minimum Gasteiger partial charge on any atom is -0.384 e. The third kappa shape index (κ3) is 8.69.